The van der Waals surface area contributed by atoms with Crippen LogP contribution in [0.1, 0.15) is 11.1 Å². The Balaban J connectivity index is 1.85. The van der Waals surface area contributed by atoms with Gasteiger partial charge in [-0.15, -0.1) is 4.76 Å². The van der Waals surface area contributed by atoms with E-state index in [-0.39, 0.29) is 38.9 Å². The van der Waals surface area contributed by atoms with Gasteiger partial charge in [0.15, 0.2) is 0 Å². The van der Waals surface area contributed by atoms with Gasteiger partial charge in [0.2, 0.25) is 5.96 Å². The van der Waals surface area contributed by atoms with Gasteiger partial charge in [0.05, 0.1) is 20.3 Å². The van der Waals surface area contributed by atoms with Crippen LogP contribution in [0.2, 0.25) is 0 Å². The monoisotopic (exact) mass is 581 g/mol. The highest BCUT2D eigenvalue weighted by Gasteiger charge is 2.27. The van der Waals surface area contributed by atoms with E-state index < -0.39 is 39.2 Å². The van der Waals surface area contributed by atoms with Crippen LogP contribution in [0.15, 0.2) is 65.4 Å². The van der Waals surface area contributed by atoms with Crippen LogP contribution in [-0.2, 0) is 55.3 Å². The smallest absolute Gasteiger partial charge is 0.468 e. The number of esters is 1. The van der Waals surface area contributed by atoms with Gasteiger partial charge >= 0.3 is 26.0 Å². The number of hydrogen-bond donors (Lipinski definition) is 1. The molecule has 0 spiro atoms. The van der Waals surface area contributed by atoms with Crippen molar-refractivity contribution >= 4 is 32.0 Å². The quantitative estimate of drug-likeness (QED) is 0.0811. The molecule has 0 radical (unpaired) electrons. The van der Waals surface area contributed by atoms with Gasteiger partial charge < -0.3 is 34.3 Å². The zero-order valence-electron chi connectivity index (χ0n) is 22.1. The molecule has 0 atom stereocenters. The van der Waals surface area contributed by atoms with Crippen molar-refractivity contribution in [3.63, 3.8) is 0 Å². The number of benzene rings is 2. The summed E-state index contributed by atoms with van der Waals surface area (Å²) < 4.78 is 51.7. The summed E-state index contributed by atoms with van der Waals surface area (Å²) >= 11 is 0. The van der Waals surface area contributed by atoms with Gasteiger partial charge in [-0.2, -0.15) is 0 Å². The summed E-state index contributed by atoms with van der Waals surface area (Å²) in [4.78, 5) is 36.3. The van der Waals surface area contributed by atoms with E-state index in [4.69, 9.17) is 33.7 Å². The molecule has 0 unspecified atom stereocenters. The molecular weight excluding hydrogens is 549 g/mol. The van der Waals surface area contributed by atoms with Crippen LogP contribution in [0.5, 0.6) is 0 Å². The summed E-state index contributed by atoms with van der Waals surface area (Å²) in [7, 11) is -1.73. The summed E-state index contributed by atoms with van der Waals surface area (Å²) in [6.45, 7) is -1.80. The van der Waals surface area contributed by atoms with Crippen molar-refractivity contribution in [2.45, 2.75) is 13.2 Å². The highest BCUT2D eigenvalue weighted by atomic mass is 31.2. The summed E-state index contributed by atoms with van der Waals surface area (Å²) in [5.74, 6) is -0.984. The van der Waals surface area contributed by atoms with Gasteiger partial charge in [-0.05, 0) is 11.1 Å². The second-order valence-electron chi connectivity index (χ2n) is 7.77. The van der Waals surface area contributed by atoms with Gasteiger partial charge in [0, 0.05) is 7.05 Å². The fourth-order valence-electron chi connectivity index (χ4n) is 2.71. The van der Waals surface area contributed by atoms with E-state index in [1.165, 1.54) is 14.2 Å². The fourth-order valence-corrected chi connectivity index (χ4v) is 3.91. The molecule has 2 N–H and O–H groups in total. The average molecular weight is 582 g/mol. The van der Waals surface area contributed by atoms with Crippen LogP contribution in [0.4, 0.5) is 9.59 Å². The van der Waals surface area contributed by atoms with Gasteiger partial charge in [-0.25, -0.2) is 14.2 Å². The maximum Gasteiger partial charge on any atom is 0.508 e. The second-order valence-corrected chi connectivity index (χ2v) is 9.42. The van der Waals surface area contributed by atoms with E-state index in [1.54, 1.807) is 48.5 Å². The van der Waals surface area contributed by atoms with Crippen molar-refractivity contribution in [2.75, 3.05) is 47.1 Å². The molecule has 0 saturated heterocycles. The van der Waals surface area contributed by atoms with Crippen LogP contribution >= 0.6 is 7.75 Å². The van der Waals surface area contributed by atoms with Gasteiger partial charge in [0.25, 0.3) is 0 Å². The van der Waals surface area contributed by atoms with Crippen LogP contribution in [0, 0.1) is 0 Å². The molecule has 15 heteroatoms. The first-order valence-corrected chi connectivity index (χ1v) is 13.4. The third-order valence-electron chi connectivity index (χ3n) is 4.72. The van der Waals surface area contributed by atoms with E-state index in [0.717, 1.165) is 16.0 Å². The fraction of sp³-hybridized carbons (Fsp3) is 0.360. The first kappa shape index (κ1) is 32.1. The Kier molecular flexibility index (Phi) is 14.0. The normalized spacial score (nSPS) is 11.3. The lowest BCUT2D eigenvalue weighted by Crippen LogP contribution is -2.38. The molecule has 40 heavy (non-hydrogen) atoms. The van der Waals surface area contributed by atoms with Gasteiger partial charge in [-0.3, -0.25) is 13.8 Å². The zero-order chi connectivity index (χ0) is 29.2. The van der Waals surface area contributed by atoms with Crippen LogP contribution in [0.25, 0.3) is 0 Å². The number of methoxy groups -OCH3 is 1. The number of likely N-dealkylation sites (N-methyl/N-ethyl adjacent to an activating group) is 1. The van der Waals surface area contributed by atoms with E-state index in [0.29, 0.717) is 0 Å². The molecule has 0 aliphatic carbocycles. The van der Waals surface area contributed by atoms with Crippen molar-refractivity contribution < 1.29 is 51.7 Å². The Hall–Kier alpha value is -4.13. The Morgan fingerprint density at radius 1 is 0.775 bits per heavy atom. The van der Waals surface area contributed by atoms with Gasteiger partial charge in [0.1, 0.15) is 33.0 Å². The lowest BCUT2D eigenvalue weighted by molar-refractivity contribution is -0.140. The molecule has 0 fully saturated rings. The van der Waals surface area contributed by atoms with Crippen molar-refractivity contribution in [2.24, 2.45) is 10.5 Å². The maximum absolute atomic E-state index is 13.2. The Morgan fingerprint density at radius 2 is 1.23 bits per heavy atom. The number of nitrogens with two attached hydrogens (primary N) is 1. The molecule has 14 nitrogen and oxygen atoms in total. The minimum Gasteiger partial charge on any atom is -0.468 e. The highest BCUT2D eigenvalue weighted by molar-refractivity contribution is 7.52. The SMILES string of the molecule is COC(=O)CN(C)/C(N)=N\P(=O)(OCCOC(=O)OCc1ccccc1)OCCOC(=O)OCc1ccccc1. The number of hydrogen-bond acceptors (Lipinski definition) is 11. The number of nitrogens with zero attached hydrogens (tertiary/aromatic N) is 2. The zero-order valence-corrected chi connectivity index (χ0v) is 23.0. The van der Waals surface area contributed by atoms with Crippen molar-refractivity contribution in [3.8, 4) is 0 Å². The summed E-state index contributed by atoms with van der Waals surface area (Å²) in [6, 6.07) is 17.9. The second kappa shape index (κ2) is 17.5. The van der Waals surface area contributed by atoms with Crippen molar-refractivity contribution in [1.82, 2.24) is 4.90 Å². The Morgan fingerprint density at radius 3 is 1.65 bits per heavy atom. The molecule has 0 aliphatic heterocycles. The van der Waals surface area contributed by atoms with E-state index in [9.17, 15) is 18.9 Å². The number of rotatable bonds is 15. The van der Waals surface area contributed by atoms with E-state index in [2.05, 4.69) is 9.50 Å². The maximum atomic E-state index is 13.2. The number of guanidine groups is 1. The summed E-state index contributed by atoms with van der Waals surface area (Å²) in [5.41, 5.74) is 7.36. The number of ether oxygens (including phenoxy) is 5. The molecule has 218 valence electrons. The largest absolute Gasteiger partial charge is 0.508 e. The molecule has 0 aliphatic rings. The predicted octanol–water partition coefficient (Wildman–Crippen LogP) is 3.25. The third-order valence-corrected chi connectivity index (χ3v) is 6.19. The molecule has 2 aromatic rings. The van der Waals surface area contributed by atoms with Crippen LogP contribution in [-0.4, -0.2) is 76.3 Å². The molecule has 0 heterocycles. The lowest BCUT2D eigenvalue weighted by atomic mass is 10.2. The van der Waals surface area contributed by atoms with Crippen molar-refractivity contribution in [1.29, 1.82) is 0 Å². The van der Waals surface area contributed by atoms with Gasteiger partial charge in [-0.1, -0.05) is 60.7 Å². The molecule has 2 aromatic carbocycles. The number of carbonyl (C=O) groups excluding carboxylic acids is 3. The predicted molar refractivity (Wildman–Crippen MR) is 141 cm³/mol. The first-order valence-electron chi connectivity index (χ1n) is 11.9. The van der Waals surface area contributed by atoms with Crippen LogP contribution < -0.4 is 5.73 Å². The molecular formula is C25H32N3O11P. The molecule has 0 amide bonds. The first-order chi connectivity index (χ1) is 19.2. The molecule has 0 saturated carbocycles. The highest BCUT2D eigenvalue weighted by Crippen LogP contribution is 2.49. The minimum absolute atomic E-state index is 0.00325. The molecule has 0 aromatic heterocycles. The van der Waals surface area contributed by atoms with Crippen LogP contribution in [0.3, 0.4) is 0 Å². The number of carbonyl (C=O) groups is 3. The van der Waals surface area contributed by atoms with Crippen molar-refractivity contribution in [3.05, 3.63) is 71.8 Å². The summed E-state index contributed by atoms with van der Waals surface area (Å²) in [5, 5.41) is 0. The topological polar surface area (TPSA) is 175 Å². The minimum atomic E-state index is -4.32. The molecule has 2 rings (SSSR count). The average Bonchev–Trinajstić information content (AvgIpc) is 2.96. The standard InChI is InChI=1S/C25H32N3O11P/c1-28(17-22(29)33-2)23(26)27-40(32,38-15-13-34-24(30)36-18-20-9-5-3-6-10-20)39-16-14-35-25(31)37-19-21-11-7-4-8-12-21/h3-12H,13-19H2,1-2H3,(H2,26,27,32). The van der Waals surface area contributed by atoms with E-state index in [1.807, 2.05) is 12.1 Å². The summed E-state index contributed by atoms with van der Waals surface area (Å²) in [6.07, 6.45) is -1.93. The molecule has 0 bridgehead atoms. The van der Waals surface area contributed by atoms with E-state index >= 15 is 0 Å². The third kappa shape index (κ3) is 13.1. The Labute approximate surface area is 231 Å². The Bertz CT molecular complexity index is 1080. The lowest BCUT2D eigenvalue weighted by Gasteiger charge is -2.19.